The molecule has 5 nitrogen and oxygen atoms in total. The normalized spacial score (nSPS) is 10.8. The number of nitrogens with zero attached hydrogens (tertiary/aromatic N) is 4. The van der Waals surface area contributed by atoms with Crippen LogP contribution < -0.4 is 4.74 Å². The van der Waals surface area contributed by atoms with Crippen molar-refractivity contribution in [2.75, 3.05) is 0 Å². The molecule has 0 N–H and O–H groups in total. The molecule has 0 saturated heterocycles. The van der Waals surface area contributed by atoms with Crippen molar-refractivity contribution in [2.24, 2.45) is 0 Å². The average molecular weight is 309 g/mol. The number of hydrogen-bond acceptors (Lipinski definition) is 4. The molecule has 2 aromatic heterocycles. The van der Waals surface area contributed by atoms with Crippen LogP contribution in [0, 0.1) is 5.82 Å². The first-order valence-electron chi connectivity index (χ1n) is 5.01. The van der Waals surface area contributed by atoms with Crippen molar-refractivity contribution in [1.29, 1.82) is 0 Å². The zero-order valence-corrected chi connectivity index (χ0v) is 10.5. The largest absolute Gasteiger partial charge is 0.433 e. The van der Waals surface area contributed by atoms with Crippen LogP contribution in [0.3, 0.4) is 0 Å². The predicted octanol–water partition coefficient (Wildman–Crippen LogP) is 2.82. The third-order valence-corrected chi connectivity index (χ3v) is 2.78. The predicted molar refractivity (Wildman–Crippen MR) is 65.0 cm³/mol. The average Bonchev–Trinajstić information content (AvgIpc) is 2.83. The summed E-state index contributed by atoms with van der Waals surface area (Å²) in [6.07, 6.45) is 4.72. The second-order valence-corrected chi connectivity index (χ2v) is 4.39. The Morgan fingerprint density at radius 1 is 1.33 bits per heavy atom. The number of halogens is 2. The maximum absolute atomic E-state index is 13.6. The molecule has 0 unspecified atom stereocenters. The van der Waals surface area contributed by atoms with Gasteiger partial charge in [-0.05, 0) is 18.2 Å². The maximum atomic E-state index is 13.6. The molecule has 0 bridgehead atoms. The van der Waals surface area contributed by atoms with Crippen molar-refractivity contribution in [3.63, 3.8) is 0 Å². The molecule has 0 amide bonds. The summed E-state index contributed by atoms with van der Waals surface area (Å²) >= 11 is 3.25. The van der Waals surface area contributed by atoms with Gasteiger partial charge in [-0.2, -0.15) is 0 Å². The zero-order chi connectivity index (χ0) is 12.5. The fourth-order valence-corrected chi connectivity index (χ4v) is 1.81. The van der Waals surface area contributed by atoms with Gasteiger partial charge in [-0.1, -0.05) is 15.9 Å². The molecule has 3 aromatic rings. The van der Waals surface area contributed by atoms with Gasteiger partial charge in [0.1, 0.15) is 6.33 Å². The summed E-state index contributed by atoms with van der Waals surface area (Å²) in [5, 5.41) is 7.59. The Labute approximate surface area is 109 Å². The van der Waals surface area contributed by atoms with Crippen molar-refractivity contribution in [2.45, 2.75) is 0 Å². The molecule has 0 atom stereocenters. The smallest absolute Gasteiger partial charge is 0.265 e. The molecule has 0 aliphatic rings. The van der Waals surface area contributed by atoms with E-state index in [1.807, 2.05) is 0 Å². The lowest BCUT2D eigenvalue weighted by Crippen LogP contribution is -1.95. The summed E-state index contributed by atoms with van der Waals surface area (Å²) in [6, 6.07) is 4.42. The highest BCUT2D eigenvalue weighted by molar-refractivity contribution is 9.10. The van der Waals surface area contributed by atoms with Gasteiger partial charge >= 0.3 is 0 Å². The van der Waals surface area contributed by atoms with E-state index in [2.05, 4.69) is 31.1 Å². The Hall–Kier alpha value is -2.02. The van der Waals surface area contributed by atoms with Gasteiger partial charge in [0.25, 0.3) is 5.88 Å². The Morgan fingerprint density at radius 3 is 3.11 bits per heavy atom. The van der Waals surface area contributed by atoms with Crippen LogP contribution in [-0.2, 0) is 0 Å². The second-order valence-electron chi connectivity index (χ2n) is 3.47. The van der Waals surface area contributed by atoms with Crippen LogP contribution in [0.25, 0.3) is 5.65 Å². The van der Waals surface area contributed by atoms with Crippen molar-refractivity contribution in [3.8, 4) is 11.6 Å². The van der Waals surface area contributed by atoms with E-state index >= 15 is 0 Å². The molecule has 1 aromatic carbocycles. The lowest BCUT2D eigenvalue weighted by Gasteiger charge is -2.06. The van der Waals surface area contributed by atoms with E-state index in [-0.39, 0.29) is 11.6 Å². The fourth-order valence-electron chi connectivity index (χ4n) is 1.47. The van der Waals surface area contributed by atoms with Crippen LogP contribution >= 0.6 is 15.9 Å². The number of rotatable bonds is 2. The topological polar surface area (TPSA) is 52.3 Å². The SMILES string of the molecule is Fc1ccc(Br)cc1Oc1nccn2cnnc12. The molecule has 0 aliphatic carbocycles. The molecule has 0 spiro atoms. The lowest BCUT2D eigenvalue weighted by atomic mass is 10.3. The van der Waals surface area contributed by atoms with Crippen molar-refractivity contribution in [3.05, 3.63) is 47.2 Å². The van der Waals surface area contributed by atoms with Crippen LogP contribution in [0.1, 0.15) is 0 Å². The monoisotopic (exact) mass is 308 g/mol. The third-order valence-electron chi connectivity index (χ3n) is 2.28. The Kier molecular flexibility index (Phi) is 2.67. The number of ether oxygens (including phenoxy) is 1. The summed E-state index contributed by atoms with van der Waals surface area (Å²) in [6.45, 7) is 0. The standard InChI is InChI=1S/C11H6BrFN4O/c12-7-1-2-8(13)9(5-7)18-11-10-16-15-6-17(10)4-3-14-11/h1-6H. The van der Waals surface area contributed by atoms with Crippen molar-refractivity contribution < 1.29 is 9.13 Å². The third kappa shape index (κ3) is 1.92. The van der Waals surface area contributed by atoms with Gasteiger partial charge in [-0.3, -0.25) is 4.40 Å². The second kappa shape index (κ2) is 4.34. The molecule has 90 valence electrons. The minimum atomic E-state index is -0.471. The molecular weight excluding hydrogens is 303 g/mol. The number of hydrogen-bond donors (Lipinski definition) is 0. The van der Waals surface area contributed by atoms with Crippen LogP contribution in [0.15, 0.2) is 41.4 Å². The molecule has 0 radical (unpaired) electrons. The highest BCUT2D eigenvalue weighted by Gasteiger charge is 2.11. The van der Waals surface area contributed by atoms with Gasteiger partial charge in [0.05, 0.1) is 0 Å². The van der Waals surface area contributed by atoms with Crippen LogP contribution in [0.5, 0.6) is 11.6 Å². The van der Waals surface area contributed by atoms with Crippen LogP contribution in [0.4, 0.5) is 4.39 Å². The van der Waals surface area contributed by atoms with Gasteiger partial charge in [0.2, 0.25) is 5.65 Å². The van der Waals surface area contributed by atoms with Crippen LogP contribution in [-0.4, -0.2) is 19.6 Å². The maximum Gasteiger partial charge on any atom is 0.265 e. The first-order chi connectivity index (χ1) is 8.74. The van der Waals surface area contributed by atoms with Gasteiger partial charge in [-0.15, -0.1) is 10.2 Å². The lowest BCUT2D eigenvalue weighted by molar-refractivity contribution is 0.429. The molecule has 3 rings (SSSR count). The van der Waals surface area contributed by atoms with E-state index in [4.69, 9.17) is 4.74 Å². The Morgan fingerprint density at radius 2 is 2.22 bits per heavy atom. The highest BCUT2D eigenvalue weighted by Crippen LogP contribution is 2.27. The minimum Gasteiger partial charge on any atom is -0.433 e. The number of benzene rings is 1. The molecule has 0 saturated carbocycles. The van der Waals surface area contributed by atoms with Gasteiger partial charge in [-0.25, -0.2) is 9.37 Å². The van der Waals surface area contributed by atoms with Crippen LogP contribution in [0.2, 0.25) is 0 Å². The minimum absolute atomic E-state index is 0.0768. The molecule has 0 fully saturated rings. The Bertz CT molecular complexity index is 715. The highest BCUT2D eigenvalue weighted by atomic mass is 79.9. The van der Waals surface area contributed by atoms with E-state index in [0.29, 0.717) is 10.1 Å². The first kappa shape index (κ1) is 11.1. The van der Waals surface area contributed by atoms with E-state index < -0.39 is 5.82 Å². The zero-order valence-electron chi connectivity index (χ0n) is 8.92. The van der Waals surface area contributed by atoms with E-state index in [9.17, 15) is 4.39 Å². The van der Waals surface area contributed by atoms with Crippen molar-refractivity contribution >= 4 is 21.6 Å². The summed E-state index contributed by atoms with van der Waals surface area (Å²) in [7, 11) is 0. The summed E-state index contributed by atoms with van der Waals surface area (Å²) in [5.74, 6) is -0.193. The quantitative estimate of drug-likeness (QED) is 0.730. The van der Waals surface area contributed by atoms with Crippen molar-refractivity contribution in [1.82, 2.24) is 19.6 Å². The summed E-state index contributed by atoms with van der Waals surface area (Å²) < 4.78 is 21.3. The molecular formula is C11H6BrFN4O. The summed E-state index contributed by atoms with van der Waals surface area (Å²) in [4.78, 5) is 4.02. The molecule has 7 heteroatoms. The number of fused-ring (bicyclic) bond motifs is 1. The van der Waals surface area contributed by atoms with E-state index in [1.165, 1.54) is 24.7 Å². The summed E-state index contributed by atoms with van der Waals surface area (Å²) in [5.41, 5.74) is 0.428. The van der Waals surface area contributed by atoms with Gasteiger partial charge in [0.15, 0.2) is 11.6 Å². The van der Waals surface area contributed by atoms with Gasteiger partial charge in [0, 0.05) is 16.9 Å². The Balaban J connectivity index is 2.06. The van der Waals surface area contributed by atoms with E-state index in [0.717, 1.165) is 0 Å². The fraction of sp³-hybridized carbons (Fsp3) is 0. The van der Waals surface area contributed by atoms with Gasteiger partial charge < -0.3 is 4.74 Å². The molecule has 18 heavy (non-hydrogen) atoms. The molecule has 2 heterocycles. The number of aromatic nitrogens is 4. The van der Waals surface area contributed by atoms with E-state index in [1.54, 1.807) is 16.7 Å². The first-order valence-corrected chi connectivity index (χ1v) is 5.80. The molecule has 0 aliphatic heterocycles.